The summed E-state index contributed by atoms with van der Waals surface area (Å²) in [6.07, 6.45) is 2.01. The summed E-state index contributed by atoms with van der Waals surface area (Å²) in [6, 6.07) is 28.0. The van der Waals surface area contributed by atoms with Crippen LogP contribution in [0, 0.1) is 17.8 Å². The van der Waals surface area contributed by atoms with Gasteiger partial charge >= 0.3 is 5.97 Å². The fourth-order valence-electron chi connectivity index (χ4n) is 6.20. The van der Waals surface area contributed by atoms with E-state index in [1.807, 2.05) is 66.7 Å². The minimum absolute atomic E-state index is 0.335. The lowest BCUT2D eigenvalue weighted by molar-refractivity contribution is -0.142. The molecule has 0 spiro atoms. The topological polar surface area (TPSA) is 63.7 Å². The second-order valence-electron chi connectivity index (χ2n) is 9.66. The number of rotatable bonds is 2. The van der Waals surface area contributed by atoms with Crippen molar-refractivity contribution in [3.05, 3.63) is 113 Å². The van der Waals surface area contributed by atoms with Crippen molar-refractivity contribution in [2.24, 2.45) is 17.8 Å². The highest BCUT2D eigenvalue weighted by atomic mass is 35.5. The van der Waals surface area contributed by atoms with Crippen molar-refractivity contribution in [3.8, 4) is 5.75 Å². The van der Waals surface area contributed by atoms with Crippen LogP contribution in [0.15, 0.2) is 97.1 Å². The van der Waals surface area contributed by atoms with Crippen LogP contribution in [0.3, 0.4) is 0 Å². The molecular formula is C31H20ClNO4. The summed E-state index contributed by atoms with van der Waals surface area (Å²) < 4.78 is 5.82. The van der Waals surface area contributed by atoms with E-state index in [2.05, 4.69) is 0 Å². The van der Waals surface area contributed by atoms with E-state index in [9.17, 15) is 14.4 Å². The number of nitrogens with zero attached hydrogens (tertiary/aromatic N) is 1. The number of hydrogen-bond donors (Lipinski definition) is 0. The normalized spacial score (nSPS) is 24.3. The molecule has 2 amide bonds. The first-order valence-corrected chi connectivity index (χ1v) is 12.5. The molecule has 4 aromatic carbocycles. The predicted octanol–water partition coefficient (Wildman–Crippen LogP) is 6.02. The molecule has 6 heteroatoms. The maximum absolute atomic E-state index is 14.0. The Morgan fingerprint density at radius 1 is 0.757 bits per heavy atom. The molecule has 0 unspecified atom stereocenters. The van der Waals surface area contributed by atoms with Crippen molar-refractivity contribution < 1.29 is 19.1 Å². The largest absolute Gasteiger partial charge is 0.425 e. The predicted molar refractivity (Wildman–Crippen MR) is 141 cm³/mol. The van der Waals surface area contributed by atoms with Crippen LogP contribution in [0.25, 0.3) is 16.3 Å². The molecule has 4 aromatic rings. The van der Waals surface area contributed by atoms with Crippen molar-refractivity contribution in [2.45, 2.75) is 5.92 Å². The lowest BCUT2D eigenvalue weighted by Gasteiger charge is -2.38. The summed E-state index contributed by atoms with van der Waals surface area (Å²) in [6.45, 7) is 0. The molecule has 0 saturated carbocycles. The number of hydrogen-bond acceptors (Lipinski definition) is 4. The zero-order valence-corrected chi connectivity index (χ0v) is 20.3. The number of carbonyl (C=O) groups excluding carboxylic acids is 3. The zero-order valence-electron chi connectivity index (χ0n) is 19.5. The van der Waals surface area contributed by atoms with Gasteiger partial charge in [-0.25, -0.2) is 4.90 Å². The highest BCUT2D eigenvalue weighted by molar-refractivity contribution is 6.31. The van der Waals surface area contributed by atoms with Gasteiger partial charge in [0.2, 0.25) is 11.8 Å². The molecule has 0 aromatic heterocycles. The van der Waals surface area contributed by atoms with E-state index in [0.717, 1.165) is 27.5 Å². The molecule has 0 radical (unpaired) electrons. The molecule has 1 saturated heterocycles. The van der Waals surface area contributed by atoms with Gasteiger partial charge in [0.1, 0.15) is 5.75 Å². The number of allylic oxidation sites excluding steroid dienone is 1. The molecule has 37 heavy (non-hydrogen) atoms. The average Bonchev–Trinajstić information content (AvgIpc) is 3.18. The third-order valence-corrected chi connectivity index (χ3v) is 7.97. The van der Waals surface area contributed by atoms with Crippen LogP contribution >= 0.6 is 11.6 Å². The molecule has 7 rings (SSSR count). The van der Waals surface area contributed by atoms with Crippen LogP contribution in [0.1, 0.15) is 17.0 Å². The summed E-state index contributed by atoms with van der Waals surface area (Å²) in [5, 5.41) is 2.37. The summed E-state index contributed by atoms with van der Waals surface area (Å²) in [5.41, 5.74) is 2.87. The number of amides is 2. The molecule has 2 heterocycles. The molecule has 4 atom stereocenters. The summed E-state index contributed by atoms with van der Waals surface area (Å²) in [5.74, 6) is -3.69. The second kappa shape index (κ2) is 8.15. The Kier molecular flexibility index (Phi) is 4.85. The maximum atomic E-state index is 14.0. The zero-order chi connectivity index (χ0) is 25.3. The first kappa shape index (κ1) is 22.0. The first-order chi connectivity index (χ1) is 18.0. The van der Waals surface area contributed by atoms with Crippen LogP contribution in [0.4, 0.5) is 5.69 Å². The Bertz CT molecular complexity index is 1660. The van der Waals surface area contributed by atoms with Crippen molar-refractivity contribution >= 4 is 51.4 Å². The Hall–Kier alpha value is -4.22. The summed E-state index contributed by atoms with van der Waals surface area (Å²) in [7, 11) is 0. The molecular weight excluding hydrogens is 486 g/mol. The van der Waals surface area contributed by atoms with Gasteiger partial charge in [-0.1, -0.05) is 84.4 Å². The Morgan fingerprint density at radius 2 is 1.51 bits per heavy atom. The van der Waals surface area contributed by atoms with Crippen molar-refractivity contribution in [3.63, 3.8) is 0 Å². The monoisotopic (exact) mass is 505 g/mol. The number of imide groups is 1. The van der Waals surface area contributed by atoms with E-state index >= 15 is 0 Å². The number of anilines is 1. The fraction of sp³-hybridized carbons (Fsp3) is 0.129. The van der Waals surface area contributed by atoms with E-state index < -0.39 is 35.5 Å². The first-order valence-electron chi connectivity index (χ1n) is 12.2. The van der Waals surface area contributed by atoms with Gasteiger partial charge in [-0.05, 0) is 46.2 Å². The number of halogens is 1. The van der Waals surface area contributed by atoms with E-state index in [1.165, 1.54) is 4.90 Å². The quantitative estimate of drug-likeness (QED) is 0.190. The second-order valence-corrected chi connectivity index (χ2v) is 10.1. The average molecular weight is 506 g/mol. The molecule has 0 N–H and O–H groups in total. The van der Waals surface area contributed by atoms with Gasteiger partial charge < -0.3 is 4.74 Å². The van der Waals surface area contributed by atoms with Gasteiger partial charge in [-0.2, -0.15) is 0 Å². The molecule has 1 aliphatic carbocycles. The van der Waals surface area contributed by atoms with Gasteiger partial charge in [0.15, 0.2) is 0 Å². The SMILES string of the molecule is O=C1Oc2ccc3ccccc3c2C2=C[C@H](c3ccccc3)[C@@H]3C(=O)N(c4cccc(Cl)c4)C(=O)[C@@H]3[C@@H]12. The number of fused-ring (bicyclic) bond motifs is 7. The smallest absolute Gasteiger partial charge is 0.319 e. The Labute approximate surface area is 217 Å². The van der Waals surface area contributed by atoms with Crippen molar-refractivity contribution in [2.75, 3.05) is 4.90 Å². The van der Waals surface area contributed by atoms with E-state index in [-0.39, 0.29) is 5.91 Å². The standard InChI is InChI=1S/C31H20ClNO4/c32-19-10-6-11-20(15-19)33-29(34)26-22(17-7-2-1-3-8-17)16-23-25-21-12-5-4-9-18(21)13-14-24(25)37-31(36)27(23)28(26)30(33)35/h1-16,22,26-28H/t22-,26+,27+,28+/m1/s1. The highest BCUT2D eigenvalue weighted by Gasteiger charge is 2.60. The van der Waals surface area contributed by atoms with Crippen LogP contribution in [-0.4, -0.2) is 17.8 Å². The van der Waals surface area contributed by atoms with E-state index in [0.29, 0.717) is 16.5 Å². The lowest BCUT2D eigenvalue weighted by atomic mass is 9.64. The number of esters is 1. The van der Waals surface area contributed by atoms with Gasteiger partial charge in [0.25, 0.3) is 0 Å². The van der Waals surface area contributed by atoms with Crippen LogP contribution in [0.5, 0.6) is 5.75 Å². The number of carbonyl (C=O) groups is 3. The molecule has 1 fully saturated rings. The van der Waals surface area contributed by atoms with Crippen LogP contribution in [-0.2, 0) is 14.4 Å². The van der Waals surface area contributed by atoms with Gasteiger partial charge in [-0.3, -0.25) is 14.4 Å². The van der Waals surface area contributed by atoms with Gasteiger partial charge in [0, 0.05) is 16.5 Å². The maximum Gasteiger partial charge on any atom is 0.319 e. The molecule has 2 aliphatic heterocycles. The Morgan fingerprint density at radius 3 is 2.32 bits per heavy atom. The minimum atomic E-state index is -0.892. The van der Waals surface area contributed by atoms with Gasteiger partial charge in [-0.15, -0.1) is 0 Å². The molecule has 5 nitrogen and oxygen atoms in total. The van der Waals surface area contributed by atoms with Gasteiger partial charge in [0.05, 0.1) is 23.4 Å². The third-order valence-electron chi connectivity index (χ3n) is 7.73. The van der Waals surface area contributed by atoms with Crippen LogP contribution in [0.2, 0.25) is 5.02 Å². The van der Waals surface area contributed by atoms with Crippen molar-refractivity contribution in [1.29, 1.82) is 0 Å². The van der Waals surface area contributed by atoms with E-state index in [4.69, 9.17) is 16.3 Å². The molecule has 180 valence electrons. The summed E-state index contributed by atoms with van der Waals surface area (Å²) >= 11 is 6.21. The van der Waals surface area contributed by atoms with Crippen molar-refractivity contribution in [1.82, 2.24) is 0 Å². The molecule has 3 aliphatic rings. The number of benzene rings is 4. The Balaban J connectivity index is 1.48. The van der Waals surface area contributed by atoms with E-state index in [1.54, 1.807) is 30.3 Å². The number of ether oxygens (including phenoxy) is 1. The highest BCUT2D eigenvalue weighted by Crippen LogP contribution is 2.55. The molecule has 0 bridgehead atoms. The minimum Gasteiger partial charge on any atom is -0.425 e. The summed E-state index contributed by atoms with van der Waals surface area (Å²) in [4.78, 5) is 42.7. The fourth-order valence-corrected chi connectivity index (χ4v) is 6.39. The third kappa shape index (κ3) is 3.20. The van der Waals surface area contributed by atoms with Crippen LogP contribution < -0.4 is 9.64 Å². The lowest BCUT2D eigenvalue weighted by Crippen LogP contribution is -2.42.